The normalized spacial score (nSPS) is 14.5. The quantitative estimate of drug-likeness (QED) is 0.662. The largest absolute Gasteiger partial charge is 0.497 e. The fraction of sp³-hybridized carbons (Fsp3) is 0.348. The smallest absolute Gasteiger partial charge is 0.219 e. The maximum absolute atomic E-state index is 11.6. The molecule has 0 N–H and O–H groups in total. The van der Waals surface area contributed by atoms with Gasteiger partial charge in [-0.25, -0.2) is 9.97 Å². The number of aromatic nitrogens is 2. The Morgan fingerprint density at radius 1 is 1.00 bits per heavy atom. The van der Waals surface area contributed by atoms with Crippen LogP contribution in [0.3, 0.4) is 0 Å². The van der Waals surface area contributed by atoms with Crippen molar-refractivity contribution in [2.24, 2.45) is 0 Å². The van der Waals surface area contributed by atoms with Gasteiger partial charge in [0, 0.05) is 62.7 Å². The molecule has 3 aromatic rings. The number of carbonyl (C=O) groups is 1. The highest BCUT2D eigenvalue weighted by Gasteiger charge is 2.17. The Labute approximate surface area is 176 Å². The second-order valence-electron chi connectivity index (χ2n) is 7.35. The Kier molecular flexibility index (Phi) is 5.70. The molecule has 1 aliphatic rings. The Hall–Kier alpha value is -3.35. The highest BCUT2D eigenvalue weighted by atomic mass is 16.5. The van der Waals surface area contributed by atoms with Gasteiger partial charge in [0.25, 0.3) is 0 Å². The summed E-state index contributed by atoms with van der Waals surface area (Å²) < 4.78 is 10.8. The van der Waals surface area contributed by atoms with Gasteiger partial charge in [0.05, 0.1) is 25.1 Å². The van der Waals surface area contributed by atoms with Gasteiger partial charge >= 0.3 is 0 Å². The third kappa shape index (κ3) is 4.01. The minimum Gasteiger partial charge on any atom is -0.497 e. The Balaban J connectivity index is 1.58. The van der Waals surface area contributed by atoms with Crippen LogP contribution in [0.15, 0.2) is 42.6 Å². The molecule has 156 valence electrons. The predicted octanol–water partition coefficient (Wildman–Crippen LogP) is 3.37. The van der Waals surface area contributed by atoms with Gasteiger partial charge in [-0.2, -0.15) is 0 Å². The van der Waals surface area contributed by atoms with E-state index in [1.54, 1.807) is 27.3 Å². The van der Waals surface area contributed by atoms with Gasteiger partial charge in [0.1, 0.15) is 11.5 Å². The average molecular weight is 406 g/mol. The topological polar surface area (TPSA) is 67.8 Å². The minimum absolute atomic E-state index is 0.147. The van der Waals surface area contributed by atoms with Crippen LogP contribution >= 0.6 is 0 Å². The first-order valence-electron chi connectivity index (χ1n) is 10.1. The van der Waals surface area contributed by atoms with Crippen LogP contribution in [0.1, 0.15) is 13.3 Å². The van der Waals surface area contributed by atoms with E-state index in [0.29, 0.717) is 17.3 Å². The SMILES string of the molecule is COc1cc(OC)c2cnc(-c3ccc(N4CCCN(C(C)=O)CC4)cc3)nc2c1. The molecule has 1 fully saturated rings. The summed E-state index contributed by atoms with van der Waals surface area (Å²) in [5.74, 6) is 2.18. The Bertz CT molecular complexity index is 1050. The van der Waals surface area contributed by atoms with Crippen LogP contribution in [-0.2, 0) is 4.79 Å². The molecule has 0 atom stereocenters. The molecule has 2 aromatic carbocycles. The van der Waals surface area contributed by atoms with Crippen LogP contribution in [0.2, 0.25) is 0 Å². The van der Waals surface area contributed by atoms with E-state index in [9.17, 15) is 4.79 Å². The zero-order valence-corrected chi connectivity index (χ0v) is 17.6. The van der Waals surface area contributed by atoms with Crippen LogP contribution in [0.5, 0.6) is 11.5 Å². The zero-order chi connectivity index (χ0) is 21.1. The number of hydrogen-bond donors (Lipinski definition) is 0. The van der Waals surface area contributed by atoms with Gasteiger partial charge in [-0.1, -0.05) is 0 Å². The van der Waals surface area contributed by atoms with E-state index in [0.717, 1.165) is 54.8 Å². The molecular formula is C23H26N4O3. The molecule has 0 spiro atoms. The number of hydrogen-bond acceptors (Lipinski definition) is 6. The molecule has 0 bridgehead atoms. The van der Waals surface area contributed by atoms with Gasteiger partial charge in [0.2, 0.25) is 5.91 Å². The number of fused-ring (bicyclic) bond motifs is 1. The lowest BCUT2D eigenvalue weighted by molar-refractivity contribution is -0.128. The van der Waals surface area contributed by atoms with E-state index in [4.69, 9.17) is 14.5 Å². The lowest BCUT2D eigenvalue weighted by Crippen LogP contribution is -2.33. The summed E-state index contributed by atoms with van der Waals surface area (Å²) in [4.78, 5) is 25.1. The first-order chi connectivity index (χ1) is 14.6. The fourth-order valence-corrected chi connectivity index (χ4v) is 3.82. The van der Waals surface area contributed by atoms with Crippen molar-refractivity contribution >= 4 is 22.5 Å². The molecule has 0 radical (unpaired) electrons. The second kappa shape index (κ2) is 8.57. The van der Waals surface area contributed by atoms with Crippen molar-refractivity contribution in [3.8, 4) is 22.9 Å². The van der Waals surface area contributed by atoms with E-state index in [1.165, 1.54) is 0 Å². The number of benzene rings is 2. The van der Waals surface area contributed by atoms with Crippen molar-refractivity contribution in [3.05, 3.63) is 42.6 Å². The molecule has 1 saturated heterocycles. The number of nitrogens with zero attached hydrogens (tertiary/aromatic N) is 4. The van der Waals surface area contributed by atoms with E-state index in [1.807, 2.05) is 29.2 Å². The molecule has 7 nitrogen and oxygen atoms in total. The monoisotopic (exact) mass is 406 g/mol. The lowest BCUT2D eigenvalue weighted by atomic mass is 10.1. The van der Waals surface area contributed by atoms with Crippen LogP contribution in [0.4, 0.5) is 5.69 Å². The molecule has 1 aliphatic heterocycles. The average Bonchev–Trinajstić information content (AvgIpc) is 3.04. The molecule has 0 unspecified atom stereocenters. The Morgan fingerprint density at radius 3 is 2.50 bits per heavy atom. The van der Waals surface area contributed by atoms with E-state index < -0.39 is 0 Å². The van der Waals surface area contributed by atoms with Gasteiger partial charge < -0.3 is 19.3 Å². The summed E-state index contributed by atoms with van der Waals surface area (Å²) >= 11 is 0. The summed E-state index contributed by atoms with van der Waals surface area (Å²) in [6, 6.07) is 12.0. The molecule has 0 aliphatic carbocycles. The van der Waals surface area contributed by atoms with Gasteiger partial charge in [-0.15, -0.1) is 0 Å². The summed E-state index contributed by atoms with van der Waals surface area (Å²) in [7, 11) is 3.25. The number of carbonyl (C=O) groups excluding carboxylic acids is 1. The van der Waals surface area contributed by atoms with Crippen LogP contribution in [0, 0.1) is 0 Å². The van der Waals surface area contributed by atoms with Crippen molar-refractivity contribution in [2.75, 3.05) is 45.3 Å². The maximum atomic E-state index is 11.6. The Morgan fingerprint density at radius 2 is 1.80 bits per heavy atom. The molecule has 7 heteroatoms. The van der Waals surface area contributed by atoms with Gasteiger partial charge in [0.15, 0.2) is 5.82 Å². The molecule has 1 aromatic heterocycles. The molecular weight excluding hydrogens is 380 g/mol. The van der Waals surface area contributed by atoms with Crippen molar-refractivity contribution < 1.29 is 14.3 Å². The third-order valence-corrected chi connectivity index (χ3v) is 5.52. The molecule has 4 rings (SSSR count). The molecule has 2 heterocycles. The van der Waals surface area contributed by atoms with Crippen molar-refractivity contribution in [3.63, 3.8) is 0 Å². The molecule has 1 amide bonds. The third-order valence-electron chi connectivity index (χ3n) is 5.52. The molecule has 0 saturated carbocycles. The first-order valence-corrected chi connectivity index (χ1v) is 10.1. The van der Waals surface area contributed by atoms with Crippen LogP contribution in [-0.4, -0.2) is 61.2 Å². The van der Waals surface area contributed by atoms with Gasteiger partial charge in [-0.3, -0.25) is 4.79 Å². The molecule has 30 heavy (non-hydrogen) atoms. The predicted molar refractivity (Wildman–Crippen MR) is 117 cm³/mol. The van der Waals surface area contributed by atoms with Crippen LogP contribution in [0.25, 0.3) is 22.3 Å². The highest BCUT2D eigenvalue weighted by molar-refractivity contribution is 5.87. The number of anilines is 1. The number of methoxy groups -OCH3 is 2. The minimum atomic E-state index is 0.147. The highest BCUT2D eigenvalue weighted by Crippen LogP contribution is 2.31. The number of ether oxygens (including phenoxy) is 2. The summed E-state index contributed by atoms with van der Waals surface area (Å²) in [5.41, 5.74) is 2.87. The van der Waals surface area contributed by atoms with E-state index in [-0.39, 0.29) is 5.91 Å². The van der Waals surface area contributed by atoms with Crippen molar-refractivity contribution in [2.45, 2.75) is 13.3 Å². The summed E-state index contributed by atoms with van der Waals surface area (Å²) in [5, 5.41) is 0.846. The number of amides is 1. The van der Waals surface area contributed by atoms with Gasteiger partial charge in [-0.05, 0) is 30.7 Å². The van der Waals surface area contributed by atoms with Crippen molar-refractivity contribution in [1.82, 2.24) is 14.9 Å². The standard InChI is InChI=1S/C23H26N4O3/c1-16(28)26-9-4-10-27(12-11-26)18-7-5-17(6-8-18)23-24-15-20-21(25-23)13-19(29-2)14-22(20)30-3/h5-8,13-15H,4,9-12H2,1-3H3. The summed E-state index contributed by atoms with van der Waals surface area (Å²) in [6.07, 6.45) is 2.76. The first kappa shape index (κ1) is 19.9. The number of rotatable bonds is 4. The van der Waals surface area contributed by atoms with Crippen LogP contribution < -0.4 is 14.4 Å². The van der Waals surface area contributed by atoms with E-state index >= 15 is 0 Å². The summed E-state index contributed by atoms with van der Waals surface area (Å²) in [6.45, 7) is 5.00. The van der Waals surface area contributed by atoms with Crippen molar-refractivity contribution in [1.29, 1.82) is 0 Å². The van der Waals surface area contributed by atoms with E-state index in [2.05, 4.69) is 22.0 Å². The lowest BCUT2D eigenvalue weighted by Gasteiger charge is -2.23. The second-order valence-corrected chi connectivity index (χ2v) is 7.35. The zero-order valence-electron chi connectivity index (χ0n) is 17.6. The maximum Gasteiger partial charge on any atom is 0.219 e. The fourth-order valence-electron chi connectivity index (χ4n) is 3.82.